The van der Waals surface area contributed by atoms with E-state index in [0.717, 1.165) is 17.7 Å². The lowest BCUT2D eigenvalue weighted by atomic mass is 9.93. The van der Waals surface area contributed by atoms with Gasteiger partial charge in [-0.25, -0.2) is 4.79 Å². The summed E-state index contributed by atoms with van der Waals surface area (Å²) in [4.78, 5) is 22.8. The van der Waals surface area contributed by atoms with Crippen molar-refractivity contribution in [2.24, 2.45) is 0 Å². The van der Waals surface area contributed by atoms with Gasteiger partial charge in [-0.2, -0.15) is 0 Å². The summed E-state index contributed by atoms with van der Waals surface area (Å²) in [6.45, 7) is 1.87. The highest BCUT2D eigenvalue weighted by atomic mass is 32.2. The Morgan fingerprint density at radius 1 is 1.39 bits per heavy atom. The van der Waals surface area contributed by atoms with Gasteiger partial charge in [-0.1, -0.05) is 30.3 Å². The van der Waals surface area contributed by atoms with Crippen LogP contribution >= 0.6 is 11.8 Å². The minimum atomic E-state index is -0.438. The minimum Gasteiger partial charge on any atom is -0.442 e. The number of carbonyl (C=O) groups is 2. The van der Waals surface area contributed by atoms with Gasteiger partial charge in [0.25, 0.3) is 0 Å². The van der Waals surface area contributed by atoms with E-state index in [4.69, 9.17) is 4.74 Å². The third kappa shape index (κ3) is 3.88. The Kier molecular flexibility index (Phi) is 4.91. The quantitative estimate of drug-likeness (QED) is 0.890. The molecule has 1 aromatic carbocycles. The van der Waals surface area contributed by atoms with E-state index in [2.05, 4.69) is 34.3 Å². The number of cyclic esters (lactones) is 1. The summed E-state index contributed by atoms with van der Waals surface area (Å²) in [6, 6.07) is 7.88. The second kappa shape index (κ2) is 7.08. The molecule has 2 aliphatic heterocycles. The Bertz CT molecular complexity index is 615. The van der Waals surface area contributed by atoms with E-state index in [9.17, 15) is 9.59 Å². The fraction of sp³-hybridized carbons (Fsp3) is 0.412. The van der Waals surface area contributed by atoms with Crippen molar-refractivity contribution in [1.29, 1.82) is 0 Å². The third-order valence-corrected chi connectivity index (χ3v) is 4.94. The van der Waals surface area contributed by atoms with Crippen molar-refractivity contribution in [2.75, 3.05) is 12.3 Å². The highest BCUT2D eigenvalue weighted by Crippen LogP contribution is 2.30. The highest BCUT2D eigenvalue weighted by Gasteiger charge is 2.32. The van der Waals surface area contributed by atoms with Gasteiger partial charge < -0.3 is 15.4 Å². The second-order valence-electron chi connectivity index (χ2n) is 5.76. The summed E-state index contributed by atoms with van der Waals surface area (Å²) in [5.74, 6) is 1.45. The zero-order valence-electron chi connectivity index (χ0n) is 13.0. The van der Waals surface area contributed by atoms with Gasteiger partial charge in [0.2, 0.25) is 5.91 Å². The molecule has 122 valence electrons. The lowest BCUT2D eigenvalue weighted by Gasteiger charge is -2.24. The van der Waals surface area contributed by atoms with Crippen LogP contribution in [0.2, 0.25) is 0 Å². The molecule has 2 heterocycles. The monoisotopic (exact) mass is 332 g/mol. The number of alkyl carbamates (subject to hydrolysis) is 1. The van der Waals surface area contributed by atoms with Crippen molar-refractivity contribution in [3.8, 4) is 0 Å². The molecule has 23 heavy (non-hydrogen) atoms. The number of benzene rings is 1. The van der Waals surface area contributed by atoms with Crippen molar-refractivity contribution in [3.05, 3.63) is 46.9 Å². The van der Waals surface area contributed by atoms with E-state index in [0.29, 0.717) is 12.5 Å². The van der Waals surface area contributed by atoms with Gasteiger partial charge in [0, 0.05) is 12.8 Å². The maximum absolute atomic E-state index is 11.5. The normalized spacial score (nSPS) is 24.7. The number of amides is 2. The van der Waals surface area contributed by atoms with Crippen LogP contribution in [0.15, 0.2) is 35.7 Å². The van der Waals surface area contributed by atoms with Gasteiger partial charge >= 0.3 is 6.09 Å². The van der Waals surface area contributed by atoms with Crippen LogP contribution in [0.3, 0.4) is 0 Å². The van der Waals surface area contributed by atoms with E-state index < -0.39 is 6.09 Å². The van der Waals surface area contributed by atoms with Crippen LogP contribution < -0.4 is 10.6 Å². The van der Waals surface area contributed by atoms with Crippen LogP contribution in [0.5, 0.6) is 0 Å². The average Bonchev–Trinajstić information content (AvgIpc) is 3.00. The number of carbonyl (C=O) groups excluding carboxylic acids is 2. The molecule has 2 aliphatic rings. The molecular weight excluding hydrogens is 312 g/mol. The average molecular weight is 332 g/mol. The molecule has 0 radical (unpaired) electrons. The molecule has 3 rings (SSSR count). The van der Waals surface area contributed by atoms with Gasteiger partial charge in [0.15, 0.2) is 0 Å². The molecule has 0 aromatic heterocycles. The Balaban J connectivity index is 1.78. The molecule has 2 amide bonds. The van der Waals surface area contributed by atoms with Crippen LogP contribution in [-0.2, 0) is 9.53 Å². The fourth-order valence-corrected chi connectivity index (χ4v) is 3.77. The predicted molar refractivity (Wildman–Crippen MR) is 90.2 cm³/mol. The lowest BCUT2D eigenvalue weighted by Crippen LogP contribution is -2.36. The minimum absolute atomic E-state index is 0.144. The van der Waals surface area contributed by atoms with Crippen molar-refractivity contribution in [1.82, 2.24) is 10.6 Å². The molecule has 5 nitrogen and oxygen atoms in total. The molecule has 0 bridgehead atoms. The summed E-state index contributed by atoms with van der Waals surface area (Å²) in [5, 5.41) is 7.68. The van der Waals surface area contributed by atoms with Gasteiger partial charge in [0.05, 0.1) is 12.6 Å². The van der Waals surface area contributed by atoms with E-state index in [1.165, 1.54) is 12.5 Å². The zero-order valence-corrected chi connectivity index (χ0v) is 13.8. The summed E-state index contributed by atoms with van der Waals surface area (Å²) in [5.41, 5.74) is 2.22. The molecule has 6 heteroatoms. The maximum atomic E-state index is 11.5. The molecule has 3 atom stereocenters. The molecule has 0 aliphatic carbocycles. The van der Waals surface area contributed by atoms with Crippen molar-refractivity contribution < 1.29 is 14.3 Å². The second-order valence-corrected chi connectivity index (χ2v) is 6.78. The first kappa shape index (κ1) is 15.9. The van der Waals surface area contributed by atoms with Gasteiger partial charge in [-0.15, -0.1) is 11.8 Å². The zero-order chi connectivity index (χ0) is 16.2. The number of nitrogens with one attached hydrogen (secondary N) is 2. The van der Waals surface area contributed by atoms with Crippen molar-refractivity contribution in [3.63, 3.8) is 0 Å². The number of ether oxygens (including phenoxy) is 1. The Morgan fingerprint density at radius 3 is 2.74 bits per heavy atom. The van der Waals surface area contributed by atoms with Crippen LogP contribution in [0.4, 0.5) is 4.79 Å². The number of thioether (sulfide) groups is 1. The summed E-state index contributed by atoms with van der Waals surface area (Å²) in [7, 11) is 0. The van der Waals surface area contributed by atoms with Gasteiger partial charge in [-0.3, -0.25) is 4.79 Å². The van der Waals surface area contributed by atoms with E-state index in [-0.39, 0.29) is 18.1 Å². The van der Waals surface area contributed by atoms with Crippen LogP contribution in [0.25, 0.3) is 0 Å². The van der Waals surface area contributed by atoms with Crippen LogP contribution in [0.1, 0.15) is 36.4 Å². The van der Waals surface area contributed by atoms with Crippen molar-refractivity contribution in [2.45, 2.75) is 31.4 Å². The standard InChI is InChI=1S/C17H20N2O3S/c1-11(20)19-16(15-10-18-17(21)22-15)14-4-2-12(3-5-14)13-6-8-23-9-7-13/h2-6,8,13,15-16H,7,9-10H2,1H3,(H,18,21)(H,19,20)/t13?,15-,16?/m0/s1. The van der Waals surface area contributed by atoms with E-state index in [1.54, 1.807) is 0 Å². The maximum Gasteiger partial charge on any atom is 0.407 e. The first-order valence-electron chi connectivity index (χ1n) is 7.73. The first-order chi connectivity index (χ1) is 11.1. The molecule has 1 saturated heterocycles. The highest BCUT2D eigenvalue weighted by molar-refractivity contribution is 8.02. The number of allylic oxidation sites excluding steroid dienone is 1. The Hall–Kier alpha value is -1.95. The summed E-state index contributed by atoms with van der Waals surface area (Å²) in [6.07, 6.45) is 2.55. The lowest BCUT2D eigenvalue weighted by molar-refractivity contribution is -0.120. The molecule has 1 fully saturated rings. The fourth-order valence-electron chi connectivity index (χ4n) is 2.94. The number of hydrogen-bond donors (Lipinski definition) is 2. The van der Waals surface area contributed by atoms with E-state index in [1.807, 2.05) is 23.9 Å². The Labute approximate surface area is 139 Å². The smallest absolute Gasteiger partial charge is 0.407 e. The van der Waals surface area contributed by atoms with E-state index >= 15 is 0 Å². The largest absolute Gasteiger partial charge is 0.442 e. The summed E-state index contributed by atoms with van der Waals surface area (Å²) >= 11 is 1.84. The summed E-state index contributed by atoms with van der Waals surface area (Å²) < 4.78 is 5.25. The first-order valence-corrected chi connectivity index (χ1v) is 8.78. The van der Waals surface area contributed by atoms with Gasteiger partial charge in [0.1, 0.15) is 6.10 Å². The Morgan fingerprint density at radius 2 is 2.17 bits per heavy atom. The SMILES string of the molecule is CC(=O)NC(c1ccc(C2C=CSCC2)cc1)[C@@H]1CNC(=O)O1. The van der Waals surface area contributed by atoms with Crippen molar-refractivity contribution >= 4 is 23.8 Å². The molecule has 1 aromatic rings. The molecule has 0 spiro atoms. The molecular formula is C17H20N2O3S. The third-order valence-electron chi connectivity index (χ3n) is 4.11. The topological polar surface area (TPSA) is 67.4 Å². The van der Waals surface area contributed by atoms with Crippen LogP contribution in [0, 0.1) is 0 Å². The number of rotatable bonds is 4. The van der Waals surface area contributed by atoms with Crippen LogP contribution in [-0.4, -0.2) is 30.4 Å². The molecule has 2 N–H and O–H groups in total. The molecule has 0 saturated carbocycles. The molecule has 2 unspecified atom stereocenters. The van der Waals surface area contributed by atoms with Gasteiger partial charge in [-0.05, 0) is 28.7 Å². The number of hydrogen-bond acceptors (Lipinski definition) is 4. The predicted octanol–water partition coefficient (Wildman–Crippen LogP) is 2.71.